The van der Waals surface area contributed by atoms with Crippen molar-refractivity contribution in [1.82, 2.24) is 14.9 Å². The molecule has 1 fully saturated rings. The van der Waals surface area contributed by atoms with E-state index in [9.17, 15) is 14.7 Å². The van der Waals surface area contributed by atoms with Gasteiger partial charge >= 0.3 is 5.97 Å². The average molecular weight is 283 g/mol. The Morgan fingerprint density at radius 3 is 2.68 bits per heavy atom. The van der Waals surface area contributed by atoms with Crippen molar-refractivity contribution in [1.29, 1.82) is 0 Å². The highest BCUT2D eigenvalue weighted by Gasteiger charge is 2.43. The van der Waals surface area contributed by atoms with Gasteiger partial charge in [0.25, 0.3) is 5.91 Å². The summed E-state index contributed by atoms with van der Waals surface area (Å²) in [6.45, 7) is 2.11. The summed E-state index contributed by atoms with van der Waals surface area (Å²) in [7, 11) is 0. The second-order valence-corrected chi connectivity index (χ2v) is 5.59. The molecule has 1 heterocycles. The number of rotatable bonds is 4. The third kappa shape index (κ3) is 2.91. The summed E-state index contributed by atoms with van der Waals surface area (Å²) in [6, 6.07) is 0. The van der Waals surface area contributed by atoms with Crippen LogP contribution in [0.1, 0.15) is 49.5 Å². The van der Waals surface area contributed by atoms with Gasteiger partial charge in [-0.25, -0.2) is 4.79 Å². The van der Waals surface area contributed by atoms with E-state index in [0.717, 1.165) is 30.8 Å². The zero-order valence-electron chi connectivity index (χ0n) is 10.8. The van der Waals surface area contributed by atoms with Crippen LogP contribution in [0.4, 0.5) is 0 Å². The highest BCUT2D eigenvalue weighted by atomic mass is 32.1. The van der Waals surface area contributed by atoms with Gasteiger partial charge in [0.05, 0.1) is 0 Å². The molecule has 1 amide bonds. The molecule has 1 aromatic heterocycles. The van der Waals surface area contributed by atoms with Crippen LogP contribution in [0.2, 0.25) is 0 Å². The quantitative estimate of drug-likeness (QED) is 0.877. The molecule has 104 valence electrons. The van der Waals surface area contributed by atoms with Crippen LogP contribution in [0, 0.1) is 5.92 Å². The van der Waals surface area contributed by atoms with Crippen LogP contribution < -0.4 is 5.32 Å². The maximum atomic E-state index is 12.0. The highest BCUT2D eigenvalue weighted by molar-refractivity contribution is 7.03. The standard InChI is InChI=1S/C12H17N3O3S/c1-2-8-3-5-12(6-4-8,11(17)18)13-10(16)9-7-19-15-14-9/h7-8H,2-6H2,1H3,(H,13,16)(H,17,18). The van der Waals surface area contributed by atoms with E-state index in [1.54, 1.807) is 0 Å². The van der Waals surface area contributed by atoms with Gasteiger partial charge in [-0.2, -0.15) is 0 Å². The molecule has 0 unspecified atom stereocenters. The van der Waals surface area contributed by atoms with Crippen LogP contribution in [0.25, 0.3) is 0 Å². The largest absolute Gasteiger partial charge is 0.480 e. The van der Waals surface area contributed by atoms with E-state index >= 15 is 0 Å². The molecule has 1 aliphatic rings. The lowest BCUT2D eigenvalue weighted by atomic mass is 9.75. The number of nitrogens with one attached hydrogen (secondary N) is 1. The Kier molecular flexibility index (Phi) is 4.14. The van der Waals surface area contributed by atoms with E-state index in [0.29, 0.717) is 18.8 Å². The van der Waals surface area contributed by atoms with Crippen molar-refractivity contribution in [3.8, 4) is 0 Å². The van der Waals surface area contributed by atoms with Gasteiger partial charge in [0.15, 0.2) is 5.69 Å². The van der Waals surface area contributed by atoms with Gasteiger partial charge in [-0.1, -0.05) is 17.8 Å². The Morgan fingerprint density at radius 2 is 2.21 bits per heavy atom. The van der Waals surface area contributed by atoms with Crippen LogP contribution in [0.3, 0.4) is 0 Å². The Hall–Kier alpha value is -1.50. The summed E-state index contributed by atoms with van der Waals surface area (Å²) in [5, 5.41) is 17.3. The zero-order chi connectivity index (χ0) is 13.9. The molecule has 7 heteroatoms. The zero-order valence-corrected chi connectivity index (χ0v) is 11.6. The Balaban J connectivity index is 2.09. The summed E-state index contributed by atoms with van der Waals surface area (Å²) >= 11 is 1.07. The van der Waals surface area contributed by atoms with Crippen molar-refractivity contribution in [2.24, 2.45) is 5.92 Å². The average Bonchev–Trinajstić information content (AvgIpc) is 2.93. The SMILES string of the molecule is CCC1CCC(NC(=O)c2csnn2)(C(=O)O)CC1. The predicted molar refractivity (Wildman–Crippen MR) is 70.0 cm³/mol. The first-order valence-electron chi connectivity index (χ1n) is 6.40. The summed E-state index contributed by atoms with van der Waals surface area (Å²) < 4.78 is 3.61. The molecule has 0 aliphatic heterocycles. The summed E-state index contributed by atoms with van der Waals surface area (Å²) in [5.41, 5.74) is -0.963. The molecule has 0 radical (unpaired) electrons. The number of nitrogens with zero attached hydrogens (tertiary/aromatic N) is 2. The molecular formula is C12H17N3O3S. The van der Waals surface area contributed by atoms with E-state index in [1.807, 2.05) is 0 Å². The van der Waals surface area contributed by atoms with E-state index in [2.05, 4.69) is 21.8 Å². The minimum absolute atomic E-state index is 0.184. The van der Waals surface area contributed by atoms with Crippen LogP contribution >= 0.6 is 11.5 Å². The van der Waals surface area contributed by atoms with Crippen molar-refractivity contribution >= 4 is 23.4 Å². The molecule has 0 aromatic carbocycles. The van der Waals surface area contributed by atoms with Gasteiger partial charge in [-0.3, -0.25) is 4.79 Å². The third-order valence-electron chi connectivity index (χ3n) is 3.89. The summed E-state index contributed by atoms with van der Waals surface area (Å²) in [4.78, 5) is 23.5. The van der Waals surface area contributed by atoms with E-state index in [1.165, 1.54) is 5.38 Å². The van der Waals surface area contributed by atoms with Crippen LogP contribution in [0.15, 0.2) is 5.38 Å². The minimum Gasteiger partial charge on any atom is -0.480 e. The second-order valence-electron chi connectivity index (χ2n) is 4.98. The number of hydrogen-bond acceptors (Lipinski definition) is 5. The van der Waals surface area contributed by atoms with Gasteiger partial charge < -0.3 is 10.4 Å². The van der Waals surface area contributed by atoms with Crippen molar-refractivity contribution in [3.05, 3.63) is 11.1 Å². The van der Waals surface area contributed by atoms with Gasteiger partial charge in [0.2, 0.25) is 0 Å². The first kappa shape index (κ1) is 13.9. The van der Waals surface area contributed by atoms with E-state index in [4.69, 9.17) is 0 Å². The number of aromatic nitrogens is 2. The molecule has 1 aromatic rings. The van der Waals surface area contributed by atoms with Crippen molar-refractivity contribution < 1.29 is 14.7 Å². The number of amides is 1. The topological polar surface area (TPSA) is 92.2 Å². The molecule has 2 N–H and O–H groups in total. The fourth-order valence-corrected chi connectivity index (χ4v) is 2.95. The lowest BCUT2D eigenvalue weighted by Crippen LogP contribution is -2.56. The first-order chi connectivity index (χ1) is 9.07. The first-order valence-corrected chi connectivity index (χ1v) is 7.24. The van der Waals surface area contributed by atoms with Crippen molar-refractivity contribution in [3.63, 3.8) is 0 Å². The maximum absolute atomic E-state index is 12.0. The minimum atomic E-state index is -1.15. The van der Waals surface area contributed by atoms with E-state index in [-0.39, 0.29) is 5.69 Å². The maximum Gasteiger partial charge on any atom is 0.329 e. The second kappa shape index (κ2) is 5.64. The number of carboxylic acids is 1. The lowest BCUT2D eigenvalue weighted by molar-refractivity contribution is -0.146. The van der Waals surface area contributed by atoms with Crippen LogP contribution in [-0.4, -0.2) is 32.1 Å². The summed E-state index contributed by atoms with van der Waals surface area (Å²) in [6.07, 6.45) is 3.67. The molecule has 19 heavy (non-hydrogen) atoms. The molecule has 1 saturated carbocycles. The van der Waals surface area contributed by atoms with Gasteiger partial charge in [0.1, 0.15) is 5.54 Å². The fraction of sp³-hybridized carbons (Fsp3) is 0.667. The molecule has 1 aliphatic carbocycles. The molecule has 0 atom stereocenters. The van der Waals surface area contributed by atoms with E-state index < -0.39 is 17.4 Å². The fourth-order valence-electron chi connectivity index (χ4n) is 2.52. The molecule has 6 nitrogen and oxygen atoms in total. The number of carbonyl (C=O) groups excluding carboxylic acids is 1. The molecule has 0 spiro atoms. The van der Waals surface area contributed by atoms with Gasteiger partial charge in [-0.15, -0.1) is 5.10 Å². The van der Waals surface area contributed by atoms with Crippen molar-refractivity contribution in [2.45, 2.75) is 44.6 Å². The molecule has 0 saturated heterocycles. The van der Waals surface area contributed by atoms with Crippen LogP contribution in [0.5, 0.6) is 0 Å². The van der Waals surface area contributed by atoms with Crippen molar-refractivity contribution in [2.75, 3.05) is 0 Å². The summed E-state index contributed by atoms with van der Waals surface area (Å²) in [5.74, 6) is -0.852. The third-order valence-corrected chi connectivity index (χ3v) is 4.40. The molecule has 0 bridgehead atoms. The smallest absolute Gasteiger partial charge is 0.329 e. The number of carbonyl (C=O) groups is 2. The Labute approximate surface area is 115 Å². The predicted octanol–water partition coefficient (Wildman–Crippen LogP) is 1.69. The number of aliphatic carboxylic acids is 1. The molecular weight excluding hydrogens is 266 g/mol. The Morgan fingerprint density at radius 1 is 1.53 bits per heavy atom. The van der Waals surface area contributed by atoms with Crippen LogP contribution in [-0.2, 0) is 4.79 Å². The van der Waals surface area contributed by atoms with Gasteiger partial charge in [0, 0.05) is 5.38 Å². The normalized spacial score (nSPS) is 26.9. The number of hydrogen-bond donors (Lipinski definition) is 2. The monoisotopic (exact) mass is 283 g/mol. The highest BCUT2D eigenvalue weighted by Crippen LogP contribution is 2.34. The Bertz CT molecular complexity index is 453. The number of carboxylic acid groups (broad SMARTS) is 1. The molecule has 2 rings (SSSR count). The van der Waals surface area contributed by atoms with Gasteiger partial charge in [-0.05, 0) is 43.1 Å². The lowest BCUT2D eigenvalue weighted by Gasteiger charge is -2.37.